The molecule has 15 heavy (non-hydrogen) atoms. The summed E-state index contributed by atoms with van der Waals surface area (Å²) in [6, 6.07) is 0. The lowest BCUT2D eigenvalue weighted by atomic mass is 9.98. The Kier molecular flexibility index (Phi) is 3.20. The van der Waals surface area contributed by atoms with Gasteiger partial charge < -0.3 is 14.8 Å². The van der Waals surface area contributed by atoms with Gasteiger partial charge in [-0.15, -0.1) is 0 Å². The standard InChI is InChI=1S/C10H16N2O3/c13-7-8-1-3-12(4-2-8)6-9-5-11-10(14)15-9/h7-9H,1-6H2,(H,11,14). The Balaban J connectivity index is 1.72. The van der Waals surface area contributed by atoms with Crippen LogP contribution in [0.1, 0.15) is 12.8 Å². The number of ether oxygens (including phenoxy) is 1. The normalized spacial score (nSPS) is 28.5. The molecule has 2 heterocycles. The average molecular weight is 212 g/mol. The second-order valence-electron chi connectivity index (χ2n) is 4.18. The molecule has 0 aliphatic carbocycles. The van der Waals surface area contributed by atoms with Crippen LogP contribution in [0.4, 0.5) is 4.79 Å². The van der Waals surface area contributed by atoms with Gasteiger partial charge in [-0.2, -0.15) is 0 Å². The zero-order chi connectivity index (χ0) is 10.7. The predicted molar refractivity (Wildman–Crippen MR) is 53.5 cm³/mol. The Hall–Kier alpha value is -1.10. The van der Waals surface area contributed by atoms with Crippen LogP contribution < -0.4 is 5.32 Å². The molecule has 0 aromatic heterocycles. The highest BCUT2D eigenvalue weighted by atomic mass is 16.6. The van der Waals surface area contributed by atoms with Gasteiger partial charge >= 0.3 is 6.09 Å². The molecule has 0 spiro atoms. The molecule has 1 unspecified atom stereocenters. The van der Waals surface area contributed by atoms with E-state index < -0.39 is 0 Å². The Morgan fingerprint density at radius 3 is 2.73 bits per heavy atom. The summed E-state index contributed by atoms with van der Waals surface area (Å²) in [5, 5.41) is 2.64. The Morgan fingerprint density at radius 2 is 2.20 bits per heavy atom. The third kappa shape index (κ3) is 2.68. The van der Waals surface area contributed by atoms with Crippen LogP contribution in [0.5, 0.6) is 0 Å². The summed E-state index contributed by atoms with van der Waals surface area (Å²) >= 11 is 0. The minimum absolute atomic E-state index is 0.0229. The van der Waals surface area contributed by atoms with Gasteiger partial charge in [0.1, 0.15) is 12.4 Å². The number of hydrogen-bond acceptors (Lipinski definition) is 4. The van der Waals surface area contributed by atoms with Gasteiger partial charge in [-0.1, -0.05) is 0 Å². The van der Waals surface area contributed by atoms with Gasteiger partial charge in [0.15, 0.2) is 0 Å². The lowest BCUT2D eigenvalue weighted by Crippen LogP contribution is -2.40. The Bertz CT molecular complexity index is 249. The fourth-order valence-corrected chi connectivity index (χ4v) is 2.09. The van der Waals surface area contributed by atoms with Crippen molar-refractivity contribution in [2.75, 3.05) is 26.2 Å². The summed E-state index contributed by atoms with van der Waals surface area (Å²) in [4.78, 5) is 23.6. The van der Waals surface area contributed by atoms with Crippen molar-refractivity contribution >= 4 is 12.4 Å². The monoisotopic (exact) mass is 212 g/mol. The van der Waals surface area contributed by atoms with E-state index in [-0.39, 0.29) is 18.1 Å². The van der Waals surface area contributed by atoms with Crippen molar-refractivity contribution in [1.82, 2.24) is 10.2 Å². The van der Waals surface area contributed by atoms with Crippen molar-refractivity contribution in [3.63, 3.8) is 0 Å². The molecule has 2 fully saturated rings. The van der Waals surface area contributed by atoms with E-state index in [9.17, 15) is 9.59 Å². The molecule has 2 saturated heterocycles. The van der Waals surface area contributed by atoms with E-state index in [2.05, 4.69) is 10.2 Å². The third-order valence-corrected chi connectivity index (χ3v) is 3.03. The minimum atomic E-state index is -0.317. The van der Waals surface area contributed by atoms with Crippen LogP contribution in [0.3, 0.4) is 0 Å². The lowest BCUT2D eigenvalue weighted by molar-refractivity contribution is -0.112. The Morgan fingerprint density at radius 1 is 1.47 bits per heavy atom. The maximum atomic E-state index is 10.8. The van der Waals surface area contributed by atoms with Gasteiger partial charge in [0.2, 0.25) is 0 Å². The zero-order valence-electron chi connectivity index (χ0n) is 8.65. The third-order valence-electron chi connectivity index (χ3n) is 3.03. The number of piperidine rings is 1. The number of carbonyl (C=O) groups excluding carboxylic acids is 2. The topological polar surface area (TPSA) is 58.6 Å². The fourth-order valence-electron chi connectivity index (χ4n) is 2.09. The number of cyclic esters (lactones) is 1. The number of hydrogen-bond donors (Lipinski definition) is 1. The fraction of sp³-hybridized carbons (Fsp3) is 0.800. The van der Waals surface area contributed by atoms with Crippen molar-refractivity contribution in [2.24, 2.45) is 5.92 Å². The zero-order valence-corrected chi connectivity index (χ0v) is 8.65. The molecule has 2 aliphatic heterocycles. The molecule has 0 aromatic carbocycles. The van der Waals surface area contributed by atoms with Gasteiger partial charge in [0.05, 0.1) is 6.54 Å². The number of aldehydes is 1. The van der Waals surface area contributed by atoms with E-state index in [0.29, 0.717) is 6.54 Å². The van der Waals surface area contributed by atoms with E-state index in [1.807, 2.05) is 0 Å². The first-order valence-corrected chi connectivity index (χ1v) is 5.40. The number of likely N-dealkylation sites (tertiary alicyclic amines) is 1. The van der Waals surface area contributed by atoms with E-state index in [4.69, 9.17) is 4.74 Å². The van der Waals surface area contributed by atoms with Crippen molar-refractivity contribution in [1.29, 1.82) is 0 Å². The summed E-state index contributed by atoms with van der Waals surface area (Å²) in [5.74, 6) is 0.227. The number of rotatable bonds is 3. The highest BCUT2D eigenvalue weighted by molar-refractivity contribution is 5.69. The van der Waals surface area contributed by atoms with Crippen LogP contribution in [0.15, 0.2) is 0 Å². The van der Waals surface area contributed by atoms with Crippen LogP contribution in [0.2, 0.25) is 0 Å². The molecule has 2 aliphatic rings. The highest BCUT2D eigenvalue weighted by Gasteiger charge is 2.26. The van der Waals surface area contributed by atoms with Gasteiger partial charge in [-0.05, 0) is 25.9 Å². The maximum absolute atomic E-state index is 10.8. The molecular formula is C10H16N2O3. The van der Waals surface area contributed by atoms with Crippen LogP contribution in [0, 0.1) is 5.92 Å². The van der Waals surface area contributed by atoms with E-state index in [0.717, 1.165) is 38.8 Å². The SMILES string of the molecule is O=CC1CCN(CC2CNC(=O)O2)CC1. The van der Waals surface area contributed by atoms with Crippen molar-refractivity contribution < 1.29 is 14.3 Å². The van der Waals surface area contributed by atoms with Gasteiger partial charge in [-0.3, -0.25) is 4.90 Å². The summed E-state index contributed by atoms with van der Waals surface area (Å²) in [6.07, 6.45) is 2.57. The molecule has 5 nitrogen and oxygen atoms in total. The molecular weight excluding hydrogens is 196 g/mol. The molecule has 5 heteroatoms. The van der Waals surface area contributed by atoms with Crippen molar-refractivity contribution in [3.05, 3.63) is 0 Å². The summed E-state index contributed by atoms with van der Waals surface area (Å²) in [6.45, 7) is 3.24. The van der Waals surface area contributed by atoms with Crippen LogP contribution in [-0.4, -0.2) is 49.6 Å². The molecule has 0 aromatic rings. The van der Waals surface area contributed by atoms with E-state index in [1.165, 1.54) is 0 Å². The maximum Gasteiger partial charge on any atom is 0.407 e. The molecule has 1 amide bonds. The van der Waals surface area contributed by atoms with E-state index in [1.54, 1.807) is 0 Å². The van der Waals surface area contributed by atoms with Crippen LogP contribution >= 0.6 is 0 Å². The quantitative estimate of drug-likeness (QED) is 0.669. The first-order chi connectivity index (χ1) is 7.28. The molecule has 1 N–H and O–H groups in total. The highest BCUT2D eigenvalue weighted by Crippen LogP contribution is 2.15. The number of alkyl carbamates (subject to hydrolysis) is 1. The summed E-state index contributed by atoms with van der Waals surface area (Å²) < 4.78 is 5.06. The molecule has 1 atom stereocenters. The molecule has 0 bridgehead atoms. The number of amides is 1. The van der Waals surface area contributed by atoms with Gasteiger partial charge in [0, 0.05) is 12.5 Å². The van der Waals surface area contributed by atoms with E-state index >= 15 is 0 Å². The minimum Gasteiger partial charge on any atom is -0.443 e. The second-order valence-corrected chi connectivity index (χ2v) is 4.18. The van der Waals surface area contributed by atoms with Crippen molar-refractivity contribution in [2.45, 2.75) is 18.9 Å². The molecule has 2 rings (SSSR count). The predicted octanol–water partition coefficient (Wildman–Crippen LogP) is 0.00570. The average Bonchev–Trinajstić information content (AvgIpc) is 2.65. The Labute approximate surface area is 88.8 Å². The smallest absolute Gasteiger partial charge is 0.407 e. The summed E-state index contributed by atoms with van der Waals surface area (Å²) in [5.41, 5.74) is 0. The molecule has 84 valence electrons. The first-order valence-electron chi connectivity index (χ1n) is 5.40. The van der Waals surface area contributed by atoms with Crippen LogP contribution in [0.25, 0.3) is 0 Å². The van der Waals surface area contributed by atoms with Crippen molar-refractivity contribution in [3.8, 4) is 0 Å². The number of carbonyl (C=O) groups is 2. The van der Waals surface area contributed by atoms with Gasteiger partial charge in [0.25, 0.3) is 0 Å². The first kappa shape index (κ1) is 10.4. The largest absolute Gasteiger partial charge is 0.443 e. The lowest BCUT2D eigenvalue weighted by Gasteiger charge is -2.30. The molecule has 0 saturated carbocycles. The number of nitrogens with zero attached hydrogens (tertiary/aromatic N) is 1. The summed E-state index contributed by atoms with van der Waals surface area (Å²) in [7, 11) is 0. The number of nitrogens with one attached hydrogen (secondary N) is 1. The second kappa shape index (κ2) is 4.61. The van der Waals surface area contributed by atoms with Gasteiger partial charge in [-0.25, -0.2) is 4.79 Å². The molecule has 0 radical (unpaired) electrons. The van der Waals surface area contributed by atoms with Crippen LogP contribution in [-0.2, 0) is 9.53 Å².